The van der Waals surface area contributed by atoms with Crippen LogP contribution in [-0.4, -0.2) is 9.97 Å². The number of benzene rings is 1. The summed E-state index contributed by atoms with van der Waals surface area (Å²) in [7, 11) is 0. The molecule has 4 aromatic rings. The molecule has 0 aliphatic rings. The molecule has 24 heavy (non-hydrogen) atoms. The van der Waals surface area contributed by atoms with Gasteiger partial charge < -0.3 is 0 Å². The van der Waals surface area contributed by atoms with Crippen molar-refractivity contribution in [2.75, 3.05) is 0 Å². The van der Waals surface area contributed by atoms with Crippen LogP contribution in [0.15, 0.2) is 78.3 Å². The van der Waals surface area contributed by atoms with E-state index in [1.165, 1.54) is 16.0 Å². The first-order valence-corrected chi connectivity index (χ1v) is 8.72. The zero-order valence-electron chi connectivity index (χ0n) is 13.3. The summed E-state index contributed by atoms with van der Waals surface area (Å²) in [6.45, 7) is 2.13. The van der Waals surface area contributed by atoms with Crippen LogP contribution in [0.5, 0.6) is 0 Å². The summed E-state index contributed by atoms with van der Waals surface area (Å²) < 4.78 is 0. The van der Waals surface area contributed by atoms with Crippen LogP contribution in [0.25, 0.3) is 33.1 Å². The van der Waals surface area contributed by atoms with Crippen LogP contribution in [-0.2, 0) is 0 Å². The SMILES string of the molecule is Cc1ccsc1-c1cc(-c2ccccc2)cc(-c2ccccn2)n1. The molecular formula is C21H16N2S. The third-order valence-corrected chi connectivity index (χ3v) is 4.99. The Morgan fingerprint density at radius 2 is 1.54 bits per heavy atom. The van der Waals surface area contributed by atoms with E-state index < -0.39 is 0 Å². The summed E-state index contributed by atoms with van der Waals surface area (Å²) >= 11 is 1.73. The third kappa shape index (κ3) is 2.86. The van der Waals surface area contributed by atoms with Gasteiger partial charge in [0, 0.05) is 6.20 Å². The summed E-state index contributed by atoms with van der Waals surface area (Å²) in [6, 6.07) is 22.8. The molecule has 3 aromatic heterocycles. The highest BCUT2D eigenvalue weighted by molar-refractivity contribution is 7.13. The first-order valence-electron chi connectivity index (χ1n) is 7.84. The molecule has 0 bridgehead atoms. The second kappa shape index (κ2) is 6.38. The number of hydrogen-bond acceptors (Lipinski definition) is 3. The monoisotopic (exact) mass is 328 g/mol. The molecule has 0 unspecified atom stereocenters. The van der Waals surface area contributed by atoms with E-state index in [4.69, 9.17) is 4.98 Å². The highest BCUT2D eigenvalue weighted by Crippen LogP contribution is 2.33. The Kier molecular flexibility index (Phi) is 3.93. The Labute approximate surface area is 145 Å². The molecule has 3 heterocycles. The van der Waals surface area contributed by atoms with E-state index >= 15 is 0 Å². The predicted molar refractivity (Wildman–Crippen MR) is 101 cm³/mol. The number of thiophene rings is 1. The first-order chi connectivity index (χ1) is 11.8. The quantitative estimate of drug-likeness (QED) is 0.471. The van der Waals surface area contributed by atoms with Gasteiger partial charge in [0.25, 0.3) is 0 Å². The van der Waals surface area contributed by atoms with Crippen LogP contribution in [0, 0.1) is 6.92 Å². The van der Waals surface area contributed by atoms with E-state index in [0.29, 0.717) is 0 Å². The molecule has 0 amide bonds. The van der Waals surface area contributed by atoms with Gasteiger partial charge in [-0.25, -0.2) is 4.98 Å². The molecule has 1 aromatic carbocycles. The summed E-state index contributed by atoms with van der Waals surface area (Å²) in [5, 5.41) is 2.11. The lowest BCUT2D eigenvalue weighted by molar-refractivity contribution is 1.25. The van der Waals surface area contributed by atoms with Crippen LogP contribution < -0.4 is 0 Å². The van der Waals surface area contributed by atoms with Gasteiger partial charge in [0.1, 0.15) is 0 Å². The van der Waals surface area contributed by atoms with Gasteiger partial charge in [-0.05, 0) is 59.3 Å². The van der Waals surface area contributed by atoms with Crippen LogP contribution in [0.2, 0.25) is 0 Å². The molecule has 4 rings (SSSR count). The van der Waals surface area contributed by atoms with E-state index in [2.05, 4.69) is 59.8 Å². The van der Waals surface area contributed by atoms with Gasteiger partial charge in [-0.3, -0.25) is 4.98 Å². The molecule has 0 fully saturated rings. The Bertz CT molecular complexity index is 902. The van der Waals surface area contributed by atoms with Crippen LogP contribution in [0.4, 0.5) is 0 Å². The fourth-order valence-electron chi connectivity index (χ4n) is 2.72. The van der Waals surface area contributed by atoms with Crippen LogP contribution >= 0.6 is 11.3 Å². The molecule has 0 N–H and O–H groups in total. The van der Waals surface area contributed by atoms with Gasteiger partial charge in [-0.1, -0.05) is 36.4 Å². The van der Waals surface area contributed by atoms with Crippen molar-refractivity contribution < 1.29 is 0 Å². The van der Waals surface area contributed by atoms with Crippen molar-refractivity contribution in [3.8, 4) is 33.1 Å². The maximum atomic E-state index is 4.88. The van der Waals surface area contributed by atoms with Gasteiger partial charge in [-0.15, -0.1) is 11.3 Å². The maximum Gasteiger partial charge on any atom is 0.0900 e. The zero-order chi connectivity index (χ0) is 16.4. The van der Waals surface area contributed by atoms with Crippen molar-refractivity contribution in [3.63, 3.8) is 0 Å². The average Bonchev–Trinajstić information content (AvgIpc) is 3.09. The van der Waals surface area contributed by atoms with E-state index in [-0.39, 0.29) is 0 Å². The fourth-order valence-corrected chi connectivity index (χ4v) is 3.61. The molecule has 0 radical (unpaired) electrons. The second-order valence-corrected chi connectivity index (χ2v) is 6.56. The number of aryl methyl sites for hydroxylation is 1. The highest BCUT2D eigenvalue weighted by atomic mass is 32.1. The number of aromatic nitrogens is 2. The smallest absolute Gasteiger partial charge is 0.0900 e. The Morgan fingerprint density at radius 3 is 2.25 bits per heavy atom. The van der Waals surface area contributed by atoms with Gasteiger partial charge in [0.15, 0.2) is 0 Å². The lowest BCUT2D eigenvalue weighted by Crippen LogP contribution is -1.92. The average molecular weight is 328 g/mol. The molecule has 0 aliphatic heterocycles. The molecule has 0 saturated carbocycles. The minimum atomic E-state index is 0.894. The number of rotatable bonds is 3. The topological polar surface area (TPSA) is 25.8 Å². The third-order valence-electron chi connectivity index (χ3n) is 3.95. The van der Waals surface area contributed by atoms with Gasteiger partial charge in [-0.2, -0.15) is 0 Å². The lowest BCUT2D eigenvalue weighted by atomic mass is 10.0. The van der Waals surface area contributed by atoms with Gasteiger partial charge in [0.2, 0.25) is 0 Å². The molecule has 116 valence electrons. The molecule has 0 saturated heterocycles. The van der Waals surface area contributed by atoms with Gasteiger partial charge >= 0.3 is 0 Å². The fraction of sp³-hybridized carbons (Fsp3) is 0.0476. The largest absolute Gasteiger partial charge is 0.255 e. The molecule has 0 atom stereocenters. The van der Waals surface area contributed by atoms with Crippen LogP contribution in [0.3, 0.4) is 0 Å². The summed E-state index contributed by atoms with van der Waals surface area (Å²) in [6.07, 6.45) is 1.81. The predicted octanol–water partition coefficient (Wildman–Crippen LogP) is 5.85. The van der Waals surface area contributed by atoms with Crippen LogP contribution in [0.1, 0.15) is 5.56 Å². The van der Waals surface area contributed by atoms with Crippen molar-refractivity contribution in [2.24, 2.45) is 0 Å². The number of hydrogen-bond donors (Lipinski definition) is 0. The molecule has 2 nitrogen and oxygen atoms in total. The Hall–Kier alpha value is -2.78. The minimum absolute atomic E-state index is 0.894. The van der Waals surface area contributed by atoms with Crippen molar-refractivity contribution in [1.82, 2.24) is 9.97 Å². The lowest BCUT2D eigenvalue weighted by Gasteiger charge is -2.09. The first kappa shape index (κ1) is 14.8. The standard InChI is InChI=1S/C21H16N2S/c1-15-10-12-24-21(15)20-14-17(16-7-3-2-4-8-16)13-19(23-20)18-9-5-6-11-22-18/h2-14H,1H3. The second-order valence-electron chi connectivity index (χ2n) is 5.64. The molecule has 0 spiro atoms. The molecule has 3 heteroatoms. The van der Waals surface area contributed by atoms with Gasteiger partial charge in [0.05, 0.1) is 22.0 Å². The number of pyridine rings is 2. The maximum absolute atomic E-state index is 4.88. The highest BCUT2D eigenvalue weighted by Gasteiger charge is 2.11. The van der Waals surface area contributed by atoms with Crippen molar-refractivity contribution in [2.45, 2.75) is 6.92 Å². The van der Waals surface area contributed by atoms with E-state index in [9.17, 15) is 0 Å². The van der Waals surface area contributed by atoms with Crippen molar-refractivity contribution >= 4 is 11.3 Å². The zero-order valence-corrected chi connectivity index (χ0v) is 14.1. The summed E-state index contributed by atoms with van der Waals surface area (Å²) in [5.74, 6) is 0. The summed E-state index contributed by atoms with van der Waals surface area (Å²) in [4.78, 5) is 10.6. The van der Waals surface area contributed by atoms with E-state index in [0.717, 1.165) is 22.6 Å². The molecular weight excluding hydrogens is 312 g/mol. The van der Waals surface area contributed by atoms with Crippen molar-refractivity contribution in [3.05, 3.63) is 83.9 Å². The normalized spacial score (nSPS) is 10.7. The van der Waals surface area contributed by atoms with Crippen molar-refractivity contribution in [1.29, 1.82) is 0 Å². The van der Waals surface area contributed by atoms with E-state index in [1.807, 2.05) is 30.5 Å². The summed E-state index contributed by atoms with van der Waals surface area (Å²) in [5.41, 5.74) is 6.40. The number of nitrogens with zero attached hydrogens (tertiary/aromatic N) is 2. The minimum Gasteiger partial charge on any atom is -0.255 e. The Morgan fingerprint density at radius 1 is 0.750 bits per heavy atom. The van der Waals surface area contributed by atoms with E-state index in [1.54, 1.807) is 11.3 Å². The molecule has 0 aliphatic carbocycles. The Balaban J connectivity index is 1.93.